The van der Waals surface area contributed by atoms with Crippen LogP contribution in [0.4, 0.5) is 10.1 Å². The average Bonchev–Trinajstić information content (AvgIpc) is 2.21. The maximum atomic E-state index is 12.9. The van der Waals surface area contributed by atoms with Crippen molar-refractivity contribution in [2.45, 2.75) is 0 Å². The summed E-state index contributed by atoms with van der Waals surface area (Å²) < 4.78 is 17.5. The Morgan fingerprint density at radius 2 is 2.40 bits per heavy atom. The molecule has 0 radical (unpaired) electrons. The molecule has 0 bridgehead atoms. The second-order valence-electron chi connectivity index (χ2n) is 2.79. The van der Waals surface area contributed by atoms with Gasteiger partial charge in [-0.1, -0.05) is 0 Å². The molecule has 0 aromatic heterocycles. The quantitative estimate of drug-likeness (QED) is 0.813. The first kappa shape index (κ1) is 11.1. The van der Waals surface area contributed by atoms with Gasteiger partial charge < -0.3 is 10.1 Å². The summed E-state index contributed by atoms with van der Waals surface area (Å²) in [6.07, 6.45) is 0. The van der Waals surface area contributed by atoms with Crippen molar-refractivity contribution in [3.63, 3.8) is 0 Å². The Bertz CT molecular complexity index is 412. The predicted octanol–water partition coefficient (Wildman–Crippen LogP) is 1.28. The van der Waals surface area contributed by atoms with Crippen molar-refractivity contribution in [1.29, 1.82) is 5.26 Å². The van der Waals surface area contributed by atoms with E-state index in [2.05, 4.69) is 10.1 Å². The summed E-state index contributed by atoms with van der Waals surface area (Å²) in [5.74, 6) is -0.963. The molecule has 0 saturated carbocycles. The average molecular weight is 208 g/mol. The lowest BCUT2D eigenvalue weighted by Gasteiger charge is -2.04. The van der Waals surface area contributed by atoms with Crippen LogP contribution in [0.5, 0.6) is 0 Å². The van der Waals surface area contributed by atoms with Crippen molar-refractivity contribution >= 4 is 11.6 Å². The summed E-state index contributed by atoms with van der Waals surface area (Å²) in [7, 11) is 1.39. The van der Waals surface area contributed by atoms with Gasteiger partial charge in [-0.05, 0) is 18.2 Å². The summed E-state index contributed by atoms with van der Waals surface area (Å²) in [6, 6.07) is 5.45. The Hall–Kier alpha value is -1.93. The topological polar surface area (TPSA) is 62.1 Å². The highest BCUT2D eigenvalue weighted by atomic mass is 19.1. The number of carbonyl (C=O) groups is 1. The number of ether oxygens (including phenoxy) is 1. The smallest absolute Gasteiger partial charge is 0.250 e. The molecule has 5 heteroatoms. The molecule has 78 valence electrons. The van der Waals surface area contributed by atoms with Gasteiger partial charge in [0.25, 0.3) is 0 Å². The third-order valence-corrected chi connectivity index (χ3v) is 1.65. The van der Waals surface area contributed by atoms with E-state index < -0.39 is 5.82 Å². The molecule has 0 atom stereocenters. The number of methoxy groups -OCH3 is 1. The SMILES string of the molecule is COCC(=O)Nc1ccc(F)c(C#N)c1. The van der Waals surface area contributed by atoms with Crippen LogP contribution in [0.15, 0.2) is 18.2 Å². The van der Waals surface area contributed by atoms with E-state index in [4.69, 9.17) is 5.26 Å². The molecule has 4 nitrogen and oxygen atoms in total. The van der Waals surface area contributed by atoms with E-state index in [0.717, 1.165) is 6.07 Å². The van der Waals surface area contributed by atoms with Crippen LogP contribution in [-0.4, -0.2) is 19.6 Å². The number of hydrogen-bond donors (Lipinski definition) is 1. The van der Waals surface area contributed by atoms with Crippen LogP contribution < -0.4 is 5.32 Å². The number of anilines is 1. The molecule has 1 aromatic carbocycles. The van der Waals surface area contributed by atoms with Gasteiger partial charge in [0.05, 0.1) is 5.56 Å². The van der Waals surface area contributed by atoms with Crippen molar-refractivity contribution in [1.82, 2.24) is 0 Å². The number of nitrogens with zero attached hydrogens (tertiary/aromatic N) is 1. The van der Waals surface area contributed by atoms with Crippen molar-refractivity contribution in [3.05, 3.63) is 29.6 Å². The molecule has 1 aromatic rings. The fourth-order valence-electron chi connectivity index (χ4n) is 1.02. The summed E-state index contributed by atoms with van der Waals surface area (Å²) in [5, 5.41) is 11.0. The van der Waals surface area contributed by atoms with E-state index in [1.807, 2.05) is 0 Å². The third-order valence-electron chi connectivity index (χ3n) is 1.65. The Morgan fingerprint density at radius 3 is 3.00 bits per heavy atom. The van der Waals surface area contributed by atoms with Gasteiger partial charge in [-0.2, -0.15) is 5.26 Å². The molecule has 0 aliphatic rings. The van der Waals surface area contributed by atoms with Crippen molar-refractivity contribution in [2.24, 2.45) is 0 Å². The lowest BCUT2D eigenvalue weighted by molar-refractivity contribution is -0.119. The maximum absolute atomic E-state index is 12.9. The van der Waals surface area contributed by atoms with Crippen LogP contribution in [0.1, 0.15) is 5.56 Å². The van der Waals surface area contributed by atoms with Crippen LogP contribution in [0.3, 0.4) is 0 Å². The zero-order valence-electron chi connectivity index (χ0n) is 8.08. The van der Waals surface area contributed by atoms with Crippen molar-refractivity contribution < 1.29 is 13.9 Å². The van der Waals surface area contributed by atoms with Gasteiger partial charge in [0.1, 0.15) is 18.5 Å². The minimum absolute atomic E-state index is 0.0841. The minimum Gasteiger partial charge on any atom is -0.375 e. The Morgan fingerprint density at radius 1 is 1.67 bits per heavy atom. The van der Waals surface area contributed by atoms with Gasteiger partial charge in [0, 0.05) is 12.8 Å². The van der Waals surface area contributed by atoms with Crippen LogP contribution in [0.25, 0.3) is 0 Å². The Labute approximate surface area is 86.3 Å². The molecule has 0 heterocycles. The fourth-order valence-corrected chi connectivity index (χ4v) is 1.02. The molecule has 0 aliphatic carbocycles. The number of nitriles is 1. The molecule has 0 spiro atoms. The van der Waals surface area contributed by atoms with E-state index in [0.29, 0.717) is 5.69 Å². The van der Waals surface area contributed by atoms with E-state index in [1.165, 1.54) is 19.2 Å². The van der Waals surface area contributed by atoms with Crippen LogP contribution in [0, 0.1) is 17.1 Å². The van der Waals surface area contributed by atoms with E-state index in [1.54, 1.807) is 6.07 Å². The second kappa shape index (κ2) is 5.08. The number of benzene rings is 1. The summed E-state index contributed by atoms with van der Waals surface area (Å²) >= 11 is 0. The highest BCUT2D eigenvalue weighted by molar-refractivity contribution is 5.91. The highest BCUT2D eigenvalue weighted by Gasteiger charge is 2.05. The molecule has 0 fully saturated rings. The molecule has 15 heavy (non-hydrogen) atoms. The largest absolute Gasteiger partial charge is 0.375 e. The van der Waals surface area contributed by atoms with Crippen LogP contribution in [-0.2, 0) is 9.53 Å². The minimum atomic E-state index is -0.609. The first-order valence-corrected chi connectivity index (χ1v) is 4.16. The van der Waals surface area contributed by atoms with Gasteiger partial charge in [0.2, 0.25) is 5.91 Å². The molecule has 1 N–H and O–H groups in total. The fraction of sp³-hybridized carbons (Fsp3) is 0.200. The van der Waals surface area contributed by atoms with Gasteiger partial charge in [0.15, 0.2) is 0 Å². The number of hydrogen-bond acceptors (Lipinski definition) is 3. The molecule has 0 saturated heterocycles. The zero-order valence-corrected chi connectivity index (χ0v) is 8.08. The molecule has 0 aliphatic heterocycles. The monoisotopic (exact) mass is 208 g/mol. The number of carbonyl (C=O) groups excluding carboxylic acids is 1. The van der Waals surface area contributed by atoms with Crippen LogP contribution in [0.2, 0.25) is 0 Å². The van der Waals surface area contributed by atoms with Gasteiger partial charge >= 0.3 is 0 Å². The Balaban J connectivity index is 2.80. The summed E-state index contributed by atoms with van der Waals surface area (Å²) in [4.78, 5) is 11.1. The lowest BCUT2D eigenvalue weighted by atomic mass is 10.2. The van der Waals surface area contributed by atoms with Crippen LogP contribution >= 0.6 is 0 Å². The number of rotatable bonds is 3. The van der Waals surface area contributed by atoms with E-state index in [-0.39, 0.29) is 18.1 Å². The molecule has 0 unspecified atom stereocenters. The van der Waals surface area contributed by atoms with Gasteiger partial charge in [-0.3, -0.25) is 4.79 Å². The normalized spacial score (nSPS) is 9.40. The molecular formula is C10H9FN2O2. The molecule has 1 rings (SSSR count). The van der Waals surface area contributed by atoms with Gasteiger partial charge in [-0.15, -0.1) is 0 Å². The molecular weight excluding hydrogens is 199 g/mol. The number of halogens is 1. The standard InChI is InChI=1S/C10H9FN2O2/c1-15-6-10(14)13-8-2-3-9(11)7(4-8)5-12/h2-4H,6H2,1H3,(H,13,14). The van der Waals surface area contributed by atoms with Crippen molar-refractivity contribution in [2.75, 3.05) is 19.0 Å². The zero-order chi connectivity index (χ0) is 11.3. The number of amides is 1. The first-order valence-electron chi connectivity index (χ1n) is 4.16. The second-order valence-corrected chi connectivity index (χ2v) is 2.79. The van der Waals surface area contributed by atoms with Gasteiger partial charge in [-0.25, -0.2) is 4.39 Å². The van der Waals surface area contributed by atoms with E-state index in [9.17, 15) is 9.18 Å². The maximum Gasteiger partial charge on any atom is 0.250 e. The molecule has 1 amide bonds. The first-order chi connectivity index (χ1) is 7.17. The Kier molecular flexibility index (Phi) is 3.77. The van der Waals surface area contributed by atoms with Crippen molar-refractivity contribution in [3.8, 4) is 6.07 Å². The lowest BCUT2D eigenvalue weighted by Crippen LogP contribution is -2.17. The predicted molar refractivity (Wildman–Crippen MR) is 51.6 cm³/mol. The summed E-state index contributed by atoms with van der Waals surface area (Å²) in [5.41, 5.74) is 0.264. The highest BCUT2D eigenvalue weighted by Crippen LogP contribution is 2.13. The number of nitrogens with one attached hydrogen (secondary N) is 1. The van der Waals surface area contributed by atoms with E-state index >= 15 is 0 Å². The third kappa shape index (κ3) is 3.04. The summed E-state index contributed by atoms with van der Waals surface area (Å²) in [6.45, 7) is -0.0841.